The minimum Gasteiger partial charge on any atom is -0.384 e. The number of hydrogen-bond acceptors (Lipinski definition) is 5. The van der Waals surface area contributed by atoms with Crippen LogP contribution in [0.15, 0.2) is 41.1 Å². The molecule has 0 saturated carbocycles. The van der Waals surface area contributed by atoms with Crippen LogP contribution in [0, 0.1) is 11.3 Å². The Morgan fingerprint density at radius 1 is 1.36 bits per heavy atom. The third-order valence-electron chi connectivity index (χ3n) is 3.24. The van der Waals surface area contributed by atoms with Crippen molar-refractivity contribution in [3.05, 3.63) is 52.2 Å². The Hall–Kier alpha value is -2.36. The second kappa shape index (κ2) is 7.07. The van der Waals surface area contributed by atoms with Gasteiger partial charge in [0.2, 0.25) is 5.91 Å². The summed E-state index contributed by atoms with van der Waals surface area (Å²) in [4.78, 5) is 11.8. The average Bonchev–Trinajstić information content (AvgIpc) is 3.07. The molecular formula is C16H17N3O2S. The van der Waals surface area contributed by atoms with E-state index in [-0.39, 0.29) is 19.0 Å². The van der Waals surface area contributed by atoms with E-state index in [1.807, 2.05) is 22.9 Å². The molecule has 0 radical (unpaired) electrons. The van der Waals surface area contributed by atoms with Crippen LogP contribution >= 0.6 is 11.3 Å². The highest BCUT2D eigenvalue weighted by Gasteiger charge is 2.23. The van der Waals surface area contributed by atoms with E-state index in [0.29, 0.717) is 5.56 Å². The summed E-state index contributed by atoms with van der Waals surface area (Å²) in [6.07, 6.45) is 0. The van der Waals surface area contributed by atoms with Crippen molar-refractivity contribution in [1.29, 1.82) is 5.26 Å². The molecule has 1 unspecified atom stereocenters. The van der Waals surface area contributed by atoms with Gasteiger partial charge in [0.1, 0.15) is 5.60 Å². The number of carbonyl (C=O) groups excluding carboxylic acids is 1. The van der Waals surface area contributed by atoms with Crippen LogP contribution < -0.4 is 10.6 Å². The molecule has 1 heterocycles. The molecule has 3 N–H and O–H groups in total. The van der Waals surface area contributed by atoms with Gasteiger partial charge in [-0.15, -0.1) is 0 Å². The second-order valence-corrected chi connectivity index (χ2v) is 5.89. The predicted molar refractivity (Wildman–Crippen MR) is 86.5 cm³/mol. The van der Waals surface area contributed by atoms with Crippen molar-refractivity contribution in [2.75, 3.05) is 18.4 Å². The Bertz CT molecular complexity index is 658. The van der Waals surface area contributed by atoms with Crippen molar-refractivity contribution in [2.45, 2.75) is 12.5 Å². The van der Waals surface area contributed by atoms with E-state index in [1.165, 1.54) is 11.3 Å². The van der Waals surface area contributed by atoms with Crippen LogP contribution in [0.25, 0.3) is 0 Å². The lowest BCUT2D eigenvalue weighted by atomic mass is 9.99. The highest BCUT2D eigenvalue weighted by atomic mass is 32.1. The number of aliphatic hydroxyl groups is 1. The van der Waals surface area contributed by atoms with E-state index in [4.69, 9.17) is 5.26 Å². The zero-order valence-corrected chi connectivity index (χ0v) is 13.0. The van der Waals surface area contributed by atoms with Crippen LogP contribution in [0.5, 0.6) is 0 Å². The first kappa shape index (κ1) is 16.0. The molecule has 0 aliphatic rings. The molecule has 5 nitrogen and oxygen atoms in total. The molecule has 0 bridgehead atoms. The number of carbonyl (C=O) groups is 1. The van der Waals surface area contributed by atoms with Crippen molar-refractivity contribution >= 4 is 22.9 Å². The molecule has 2 rings (SSSR count). The van der Waals surface area contributed by atoms with Crippen LogP contribution in [0.3, 0.4) is 0 Å². The maximum absolute atomic E-state index is 11.8. The SMILES string of the molecule is CC(O)(CNC(=O)CNc1ccc(C#N)cc1)c1ccsc1. The number of benzene rings is 1. The lowest BCUT2D eigenvalue weighted by molar-refractivity contribution is -0.120. The van der Waals surface area contributed by atoms with E-state index in [2.05, 4.69) is 10.6 Å². The predicted octanol–water partition coefficient (Wildman–Crippen LogP) is 2.06. The molecular weight excluding hydrogens is 298 g/mol. The summed E-state index contributed by atoms with van der Waals surface area (Å²) in [5, 5.41) is 28.4. The molecule has 6 heteroatoms. The van der Waals surface area contributed by atoms with Gasteiger partial charge in [-0.2, -0.15) is 16.6 Å². The van der Waals surface area contributed by atoms with Crippen LogP contribution in [0.1, 0.15) is 18.1 Å². The van der Waals surface area contributed by atoms with Gasteiger partial charge >= 0.3 is 0 Å². The van der Waals surface area contributed by atoms with Gasteiger partial charge in [-0.25, -0.2) is 0 Å². The number of nitrogens with zero attached hydrogens (tertiary/aromatic N) is 1. The third kappa shape index (κ3) is 4.32. The van der Waals surface area contributed by atoms with Gasteiger partial charge < -0.3 is 15.7 Å². The summed E-state index contributed by atoms with van der Waals surface area (Å²) in [7, 11) is 0. The fourth-order valence-corrected chi connectivity index (χ4v) is 2.63. The van der Waals surface area contributed by atoms with Gasteiger partial charge in [0, 0.05) is 5.69 Å². The van der Waals surface area contributed by atoms with Gasteiger partial charge in [0.25, 0.3) is 0 Å². The molecule has 0 aliphatic carbocycles. The summed E-state index contributed by atoms with van der Waals surface area (Å²) in [6, 6.07) is 10.7. The largest absolute Gasteiger partial charge is 0.384 e. The quantitative estimate of drug-likeness (QED) is 0.761. The van der Waals surface area contributed by atoms with Gasteiger partial charge in [0.15, 0.2) is 0 Å². The Kier molecular flexibility index (Phi) is 5.15. The summed E-state index contributed by atoms with van der Waals surface area (Å²) >= 11 is 1.50. The van der Waals surface area contributed by atoms with Crippen LogP contribution in [-0.2, 0) is 10.4 Å². The van der Waals surface area contributed by atoms with Gasteiger partial charge in [-0.1, -0.05) is 0 Å². The number of nitriles is 1. The Morgan fingerprint density at radius 2 is 2.09 bits per heavy atom. The van der Waals surface area contributed by atoms with Crippen molar-refractivity contribution in [2.24, 2.45) is 0 Å². The van der Waals surface area contributed by atoms with Crippen LogP contribution in [0.4, 0.5) is 5.69 Å². The molecule has 0 fully saturated rings. The van der Waals surface area contributed by atoms with Gasteiger partial charge in [-0.05, 0) is 53.6 Å². The van der Waals surface area contributed by atoms with Gasteiger partial charge in [0.05, 0.1) is 24.7 Å². The first-order valence-corrected chi connectivity index (χ1v) is 7.71. The molecule has 1 atom stereocenters. The lowest BCUT2D eigenvalue weighted by Crippen LogP contribution is -2.40. The molecule has 1 aromatic heterocycles. The molecule has 0 saturated heterocycles. The summed E-state index contributed by atoms with van der Waals surface area (Å²) < 4.78 is 0. The molecule has 0 aliphatic heterocycles. The fraction of sp³-hybridized carbons (Fsp3) is 0.250. The van der Waals surface area contributed by atoms with Gasteiger partial charge in [-0.3, -0.25) is 4.79 Å². The fourth-order valence-electron chi connectivity index (χ4n) is 1.85. The first-order chi connectivity index (χ1) is 10.5. The minimum absolute atomic E-state index is 0.103. The van der Waals surface area contributed by atoms with Crippen molar-refractivity contribution in [3.8, 4) is 6.07 Å². The lowest BCUT2D eigenvalue weighted by Gasteiger charge is -2.22. The summed E-state index contributed by atoms with van der Waals surface area (Å²) in [5.41, 5.74) is 1.04. The third-order valence-corrected chi connectivity index (χ3v) is 3.92. The summed E-state index contributed by atoms with van der Waals surface area (Å²) in [6.45, 7) is 1.92. The highest BCUT2D eigenvalue weighted by Crippen LogP contribution is 2.21. The number of amides is 1. The highest BCUT2D eigenvalue weighted by molar-refractivity contribution is 7.08. The Balaban J connectivity index is 1.79. The molecule has 1 amide bonds. The first-order valence-electron chi connectivity index (χ1n) is 6.77. The molecule has 2 aromatic rings. The topological polar surface area (TPSA) is 85.2 Å². The monoisotopic (exact) mass is 315 g/mol. The maximum Gasteiger partial charge on any atom is 0.239 e. The molecule has 0 spiro atoms. The van der Waals surface area contributed by atoms with E-state index < -0.39 is 5.60 Å². The Morgan fingerprint density at radius 3 is 2.68 bits per heavy atom. The normalized spacial score (nSPS) is 13.0. The molecule has 1 aromatic carbocycles. The van der Waals surface area contributed by atoms with Crippen LogP contribution in [0.2, 0.25) is 0 Å². The number of thiophene rings is 1. The van der Waals surface area contributed by atoms with Crippen molar-refractivity contribution < 1.29 is 9.90 Å². The zero-order chi connectivity index (χ0) is 16.0. The number of rotatable bonds is 6. The Labute approximate surface area is 133 Å². The minimum atomic E-state index is -1.08. The molecule has 114 valence electrons. The van der Waals surface area contributed by atoms with Crippen molar-refractivity contribution in [3.63, 3.8) is 0 Å². The molecule has 22 heavy (non-hydrogen) atoms. The van der Waals surface area contributed by atoms with E-state index >= 15 is 0 Å². The van der Waals surface area contributed by atoms with Crippen molar-refractivity contribution in [1.82, 2.24) is 5.32 Å². The van der Waals surface area contributed by atoms with E-state index in [1.54, 1.807) is 31.2 Å². The average molecular weight is 315 g/mol. The standard InChI is InChI=1S/C16H17N3O2S/c1-16(21,13-6-7-22-10-13)11-19-15(20)9-18-14-4-2-12(8-17)3-5-14/h2-7,10,18,21H,9,11H2,1H3,(H,19,20). The van der Waals surface area contributed by atoms with Crippen LogP contribution in [-0.4, -0.2) is 24.1 Å². The van der Waals surface area contributed by atoms with E-state index in [9.17, 15) is 9.90 Å². The maximum atomic E-state index is 11.8. The number of anilines is 1. The number of hydrogen-bond donors (Lipinski definition) is 3. The number of nitrogens with one attached hydrogen (secondary N) is 2. The smallest absolute Gasteiger partial charge is 0.239 e. The summed E-state index contributed by atoms with van der Waals surface area (Å²) in [5.74, 6) is -0.208. The van der Waals surface area contributed by atoms with E-state index in [0.717, 1.165) is 11.3 Å². The zero-order valence-electron chi connectivity index (χ0n) is 12.2. The second-order valence-electron chi connectivity index (χ2n) is 5.11.